The Morgan fingerprint density at radius 3 is 2.42 bits per heavy atom. The van der Waals surface area contributed by atoms with Gasteiger partial charge in [-0.1, -0.05) is 38.1 Å². The molecule has 6 rings (SSSR count). The number of amides is 4. The lowest BCUT2D eigenvalue weighted by Crippen LogP contribution is -2.59. The van der Waals surface area contributed by atoms with Gasteiger partial charge in [0, 0.05) is 18.9 Å². The van der Waals surface area contributed by atoms with Crippen molar-refractivity contribution in [1.29, 1.82) is 0 Å². The third-order valence-electron chi connectivity index (χ3n) is 11.3. The lowest BCUT2D eigenvalue weighted by molar-refractivity contribution is -0.142. The van der Waals surface area contributed by atoms with Gasteiger partial charge in [-0.15, -0.1) is 5.10 Å². The first kappa shape index (κ1) is 40.2. The predicted octanol–water partition coefficient (Wildman–Crippen LogP) is 3.54. The van der Waals surface area contributed by atoms with Crippen LogP contribution in [0.5, 0.6) is 5.88 Å². The fourth-order valence-electron chi connectivity index (χ4n) is 7.69. The molecule has 55 heavy (non-hydrogen) atoms. The van der Waals surface area contributed by atoms with Crippen molar-refractivity contribution in [1.82, 2.24) is 30.0 Å². The van der Waals surface area contributed by atoms with Crippen molar-refractivity contribution in [2.45, 2.75) is 134 Å². The van der Waals surface area contributed by atoms with Crippen LogP contribution in [-0.2, 0) is 35.7 Å². The average Bonchev–Trinajstić information content (AvgIpc) is 3.99. The number of aryl methyl sites for hydroxylation is 1. The van der Waals surface area contributed by atoms with E-state index in [4.69, 9.17) is 9.47 Å². The molecule has 2 aliphatic heterocycles. The highest BCUT2D eigenvalue weighted by molar-refractivity contribution is 7.91. The molecule has 3 heterocycles. The van der Waals surface area contributed by atoms with E-state index in [1.54, 1.807) is 58.9 Å². The monoisotopic (exact) mass is 782 g/mol. The molecule has 2 aliphatic carbocycles. The van der Waals surface area contributed by atoms with E-state index in [0.29, 0.717) is 36.5 Å². The van der Waals surface area contributed by atoms with E-state index in [1.165, 1.54) is 9.58 Å². The normalized spacial score (nSPS) is 30.1. The summed E-state index contributed by atoms with van der Waals surface area (Å²) in [7, 11) is -4.01. The number of sulfonamides is 1. The molecule has 1 aromatic carbocycles. The summed E-state index contributed by atoms with van der Waals surface area (Å²) >= 11 is 0. The van der Waals surface area contributed by atoms with Crippen molar-refractivity contribution in [2.24, 2.45) is 17.8 Å². The first-order valence-corrected chi connectivity index (χ1v) is 20.8. The maximum atomic E-state index is 14.8. The Labute approximate surface area is 322 Å². The molecule has 4 aliphatic rings. The average molecular weight is 783 g/mol. The molecule has 3 N–H and O–H groups in total. The summed E-state index contributed by atoms with van der Waals surface area (Å²) in [6, 6.07) is 4.64. The topological polar surface area (TPSA) is 195 Å². The molecular weight excluding hydrogens is 729 g/mol. The number of nitrogens with zero attached hydrogens (tertiary/aromatic N) is 3. The zero-order chi connectivity index (χ0) is 40.1. The van der Waals surface area contributed by atoms with E-state index < -0.39 is 73.8 Å². The van der Waals surface area contributed by atoms with Gasteiger partial charge in [-0.2, -0.15) is 0 Å². The number of nitrogens with one attached hydrogen (secondary N) is 3. The van der Waals surface area contributed by atoms with E-state index in [2.05, 4.69) is 27.4 Å². The van der Waals surface area contributed by atoms with Crippen molar-refractivity contribution >= 4 is 44.6 Å². The molecule has 15 nitrogen and oxygen atoms in total. The maximum absolute atomic E-state index is 14.8. The highest BCUT2D eigenvalue weighted by Gasteiger charge is 2.63. The van der Waals surface area contributed by atoms with Gasteiger partial charge >= 0.3 is 6.09 Å². The van der Waals surface area contributed by atoms with E-state index >= 15 is 0 Å². The lowest BCUT2D eigenvalue weighted by Gasteiger charge is -2.33. The Morgan fingerprint density at radius 2 is 1.76 bits per heavy atom. The number of aromatic nitrogens is 2. The van der Waals surface area contributed by atoms with E-state index in [9.17, 15) is 32.4 Å². The summed E-state index contributed by atoms with van der Waals surface area (Å²) in [5, 5.41) is 11.0. The molecular formula is C39H54N6O9S. The summed E-state index contributed by atoms with van der Waals surface area (Å²) in [6.45, 7) is 12.7. The highest BCUT2D eigenvalue weighted by Crippen LogP contribution is 2.47. The van der Waals surface area contributed by atoms with Crippen LogP contribution in [0.3, 0.4) is 0 Å². The highest BCUT2D eigenvalue weighted by atomic mass is 32.2. The van der Waals surface area contributed by atoms with Crippen LogP contribution >= 0.6 is 0 Å². The summed E-state index contributed by atoms with van der Waals surface area (Å²) in [4.78, 5) is 70.8. The molecule has 3 fully saturated rings. The number of carbonyl (C=O) groups is 4. The number of rotatable bonds is 7. The van der Waals surface area contributed by atoms with Crippen molar-refractivity contribution in [3.63, 3.8) is 0 Å². The van der Waals surface area contributed by atoms with Crippen molar-refractivity contribution < 1.29 is 37.1 Å². The van der Waals surface area contributed by atoms with Crippen LogP contribution in [0.2, 0.25) is 0 Å². The van der Waals surface area contributed by atoms with Crippen molar-refractivity contribution in [3.05, 3.63) is 46.8 Å². The zero-order valence-corrected chi connectivity index (χ0v) is 33.5. The molecule has 0 unspecified atom stereocenters. The number of hydrogen-bond acceptors (Lipinski definition) is 10. The smallest absolute Gasteiger partial charge is 0.408 e. The fourth-order valence-corrected chi connectivity index (χ4v) is 9.01. The van der Waals surface area contributed by atoms with E-state index in [1.807, 2.05) is 19.1 Å². The molecule has 4 amide bonds. The second-order valence-corrected chi connectivity index (χ2v) is 19.3. The van der Waals surface area contributed by atoms with Gasteiger partial charge in [-0.05, 0) is 97.1 Å². The van der Waals surface area contributed by atoms with Crippen LogP contribution in [0.15, 0.2) is 41.2 Å². The number of hydrogen-bond donors (Lipinski definition) is 3. The minimum atomic E-state index is -4.01. The summed E-state index contributed by atoms with van der Waals surface area (Å²) in [5.74, 6) is -2.56. The number of carbonyl (C=O) groups excluding carboxylic acids is 4. The van der Waals surface area contributed by atoms with Gasteiger partial charge in [0.1, 0.15) is 29.3 Å². The molecule has 2 saturated carbocycles. The van der Waals surface area contributed by atoms with Gasteiger partial charge in [0.15, 0.2) is 0 Å². The summed E-state index contributed by atoms with van der Waals surface area (Å²) in [6.07, 6.45) is 5.24. The fraction of sp³-hybridized carbons (Fsp3) is 0.641. The number of ether oxygens (including phenoxy) is 2. The van der Waals surface area contributed by atoms with Crippen LogP contribution in [0.25, 0.3) is 10.8 Å². The van der Waals surface area contributed by atoms with Gasteiger partial charge < -0.3 is 25.0 Å². The molecule has 16 heteroatoms. The predicted molar refractivity (Wildman–Crippen MR) is 204 cm³/mol. The standard InChI is InChI=1S/C39H54N6O9S/c1-8-45-33(47)28-16-12-11-15-27(28)32(42-45)53-26-20-29-31(46)41-39(35(49)43-55(51,52)38(7)17-18-38)21-25(39)14-10-9-13-23(2)19-24(3)30(34(48)44(29)22-26)40-36(50)54-37(4,5)6/h10-12,14-16,23-26,29-30H,8-9,13,17-22H2,1-7H3,(H,40,50)(H,41,46)(H,43,49)/b14-10-/t23-,24-,25-,26-,29+,30+,39-/m1/s1. The molecule has 7 atom stereocenters. The Hall–Kier alpha value is -4.47. The molecule has 300 valence electrons. The number of fused-ring (bicyclic) bond motifs is 3. The van der Waals surface area contributed by atoms with Crippen LogP contribution in [0, 0.1) is 17.8 Å². The van der Waals surface area contributed by atoms with Crippen LogP contribution < -0.4 is 25.7 Å². The van der Waals surface area contributed by atoms with E-state index in [0.717, 1.165) is 6.42 Å². The van der Waals surface area contributed by atoms with Crippen molar-refractivity contribution in [3.8, 4) is 5.88 Å². The minimum Gasteiger partial charge on any atom is -0.471 e. The summed E-state index contributed by atoms with van der Waals surface area (Å²) in [5.41, 5.74) is -2.68. The van der Waals surface area contributed by atoms with E-state index in [-0.39, 0.29) is 49.2 Å². The van der Waals surface area contributed by atoms with Gasteiger partial charge in [-0.25, -0.2) is 17.9 Å². The third-order valence-corrected chi connectivity index (χ3v) is 13.5. The second kappa shape index (κ2) is 14.9. The van der Waals surface area contributed by atoms with Gasteiger partial charge in [0.2, 0.25) is 27.7 Å². The Bertz CT molecular complexity index is 2060. The molecule has 0 bridgehead atoms. The number of benzene rings is 1. The maximum Gasteiger partial charge on any atom is 0.408 e. The van der Waals surface area contributed by atoms with Crippen LogP contribution in [0.1, 0.15) is 93.4 Å². The first-order valence-electron chi connectivity index (χ1n) is 19.3. The molecule has 1 aromatic heterocycles. The van der Waals surface area contributed by atoms with Gasteiger partial charge in [0.25, 0.3) is 11.5 Å². The minimum absolute atomic E-state index is 0.0165. The SMILES string of the molecule is CCn1nc(O[C@@H]2C[C@H]3C(=O)N[C@]4(C(=O)NS(=O)(=O)C5(C)CC5)C[C@H]4/C=C\CC[C@@H](C)C[C@@H](C)[C@H](NC(=O)OC(C)(C)C)C(=O)N3C2)c2ccccc2c1=O. The Morgan fingerprint density at radius 1 is 1.07 bits per heavy atom. The molecule has 0 radical (unpaired) electrons. The molecule has 2 aromatic rings. The van der Waals surface area contributed by atoms with Gasteiger partial charge in [-0.3, -0.25) is 23.9 Å². The number of allylic oxidation sites excluding steroid dienone is 1. The quantitative estimate of drug-likeness (QED) is 0.350. The first-order chi connectivity index (χ1) is 25.8. The molecule has 1 saturated heterocycles. The van der Waals surface area contributed by atoms with Gasteiger partial charge in [0.05, 0.1) is 22.1 Å². The largest absolute Gasteiger partial charge is 0.471 e. The third kappa shape index (κ3) is 8.38. The van der Waals surface area contributed by atoms with Crippen molar-refractivity contribution in [2.75, 3.05) is 6.54 Å². The molecule has 0 spiro atoms. The Kier molecular flexibility index (Phi) is 10.9. The Balaban J connectivity index is 1.37. The summed E-state index contributed by atoms with van der Waals surface area (Å²) < 4.78 is 40.9. The lowest BCUT2D eigenvalue weighted by atomic mass is 9.88. The van der Waals surface area contributed by atoms with Crippen LogP contribution in [0.4, 0.5) is 4.79 Å². The van der Waals surface area contributed by atoms with Crippen LogP contribution in [-0.4, -0.2) is 87.5 Å². The zero-order valence-electron chi connectivity index (χ0n) is 32.7. The second-order valence-electron chi connectivity index (χ2n) is 17.1. The number of alkyl carbamates (subject to hydrolysis) is 1.